The molecule has 1 atom stereocenters. The third kappa shape index (κ3) is 2.69. The number of imidazole rings is 1. The van der Waals surface area contributed by atoms with Crippen molar-refractivity contribution < 1.29 is 9.18 Å². The van der Waals surface area contributed by atoms with E-state index in [0.717, 1.165) is 22.6 Å². The lowest BCUT2D eigenvalue weighted by Crippen LogP contribution is -2.26. The highest BCUT2D eigenvalue weighted by molar-refractivity contribution is 5.94. The van der Waals surface area contributed by atoms with E-state index >= 15 is 0 Å². The fraction of sp³-hybridized carbons (Fsp3) is 0.316. The second kappa shape index (κ2) is 5.79. The van der Waals surface area contributed by atoms with Crippen LogP contribution in [0.4, 0.5) is 4.39 Å². The van der Waals surface area contributed by atoms with Crippen molar-refractivity contribution in [2.75, 3.05) is 6.54 Å². The van der Waals surface area contributed by atoms with Crippen molar-refractivity contribution in [3.8, 4) is 11.5 Å². The molecule has 3 N–H and O–H groups in total. The van der Waals surface area contributed by atoms with Crippen LogP contribution in [0, 0.1) is 5.82 Å². The SMILES string of the molecule is O=C1NC[C@@H](c2ccc(F)cc2)Cc2[nH]c(-c3cc(C4CC4)[nH]n3)nc21. The molecule has 0 saturated heterocycles. The number of H-pyrrole nitrogens is 2. The average Bonchev–Trinajstić information content (AvgIpc) is 3.26. The van der Waals surface area contributed by atoms with Crippen molar-refractivity contribution in [1.29, 1.82) is 0 Å². The average molecular weight is 351 g/mol. The van der Waals surface area contributed by atoms with Gasteiger partial charge in [0.15, 0.2) is 5.82 Å². The van der Waals surface area contributed by atoms with Gasteiger partial charge >= 0.3 is 0 Å². The van der Waals surface area contributed by atoms with E-state index in [1.165, 1.54) is 25.0 Å². The fourth-order valence-corrected chi connectivity index (χ4v) is 3.52. The number of hydrogen-bond donors (Lipinski definition) is 3. The van der Waals surface area contributed by atoms with Crippen LogP contribution in [-0.2, 0) is 6.42 Å². The minimum Gasteiger partial charge on any atom is -0.350 e. The zero-order valence-electron chi connectivity index (χ0n) is 14.1. The molecule has 1 aliphatic heterocycles. The number of carbonyl (C=O) groups is 1. The monoisotopic (exact) mass is 351 g/mol. The number of nitrogens with one attached hydrogen (secondary N) is 3. The first-order chi connectivity index (χ1) is 12.7. The van der Waals surface area contributed by atoms with Gasteiger partial charge in [0.2, 0.25) is 0 Å². The predicted octanol–water partition coefficient (Wildman–Crippen LogP) is 2.89. The van der Waals surface area contributed by atoms with E-state index < -0.39 is 0 Å². The molecule has 1 aliphatic carbocycles. The van der Waals surface area contributed by atoms with Gasteiger partial charge in [-0.1, -0.05) is 12.1 Å². The van der Waals surface area contributed by atoms with E-state index in [4.69, 9.17) is 0 Å². The van der Waals surface area contributed by atoms with Crippen LogP contribution in [0.25, 0.3) is 11.5 Å². The molecule has 1 saturated carbocycles. The Hall–Kier alpha value is -2.96. The van der Waals surface area contributed by atoms with E-state index in [9.17, 15) is 9.18 Å². The molecule has 2 aromatic heterocycles. The third-order valence-electron chi connectivity index (χ3n) is 5.15. The number of halogens is 1. The Labute approximate surface area is 149 Å². The normalized spacial score (nSPS) is 19.7. The highest BCUT2D eigenvalue weighted by Gasteiger charge is 2.29. The number of nitrogens with zero attached hydrogens (tertiary/aromatic N) is 2. The fourth-order valence-electron chi connectivity index (χ4n) is 3.52. The first kappa shape index (κ1) is 15.3. The summed E-state index contributed by atoms with van der Waals surface area (Å²) in [7, 11) is 0. The third-order valence-corrected chi connectivity index (χ3v) is 5.15. The van der Waals surface area contributed by atoms with E-state index in [1.807, 2.05) is 6.07 Å². The van der Waals surface area contributed by atoms with E-state index in [1.54, 1.807) is 12.1 Å². The Morgan fingerprint density at radius 2 is 1.92 bits per heavy atom. The van der Waals surface area contributed by atoms with Gasteiger partial charge in [-0.25, -0.2) is 9.37 Å². The number of hydrogen-bond acceptors (Lipinski definition) is 3. The largest absolute Gasteiger partial charge is 0.350 e. The molecule has 1 amide bonds. The molecule has 3 aromatic rings. The standard InChI is InChI=1S/C19H18FN5O/c20-13-5-3-10(4-6-13)12-7-15-17(19(26)21-9-12)23-18(22-15)16-8-14(24-25-16)11-1-2-11/h3-6,8,11-12H,1-2,7,9H2,(H,21,26)(H,22,23)(H,24,25)/t12-/m0/s1. The molecule has 2 aliphatic rings. The van der Waals surface area contributed by atoms with Crippen molar-refractivity contribution in [3.05, 3.63) is 58.8 Å². The van der Waals surface area contributed by atoms with Gasteiger partial charge < -0.3 is 10.3 Å². The summed E-state index contributed by atoms with van der Waals surface area (Å²) in [5.41, 5.74) is 4.05. The summed E-state index contributed by atoms with van der Waals surface area (Å²) >= 11 is 0. The first-order valence-corrected chi connectivity index (χ1v) is 8.85. The number of fused-ring (bicyclic) bond motifs is 1. The second-order valence-corrected chi connectivity index (χ2v) is 7.06. The van der Waals surface area contributed by atoms with Gasteiger partial charge in [0.25, 0.3) is 5.91 Å². The summed E-state index contributed by atoms with van der Waals surface area (Å²) in [6.07, 6.45) is 3.02. The maximum absolute atomic E-state index is 13.2. The molecular weight excluding hydrogens is 333 g/mol. The second-order valence-electron chi connectivity index (χ2n) is 7.06. The lowest BCUT2D eigenvalue weighted by atomic mass is 9.94. The van der Waals surface area contributed by atoms with Crippen LogP contribution in [0.3, 0.4) is 0 Å². The van der Waals surface area contributed by atoms with E-state index in [-0.39, 0.29) is 17.6 Å². The highest BCUT2D eigenvalue weighted by atomic mass is 19.1. The van der Waals surface area contributed by atoms with E-state index in [2.05, 4.69) is 25.5 Å². The molecule has 132 valence electrons. The van der Waals surface area contributed by atoms with Gasteiger partial charge in [-0.05, 0) is 43.0 Å². The number of aromatic amines is 2. The Morgan fingerprint density at radius 3 is 2.69 bits per heavy atom. The lowest BCUT2D eigenvalue weighted by molar-refractivity contribution is 0.0950. The summed E-state index contributed by atoms with van der Waals surface area (Å²) in [4.78, 5) is 20.2. The molecule has 0 unspecified atom stereocenters. The van der Waals surface area contributed by atoms with Crippen LogP contribution in [0.5, 0.6) is 0 Å². The molecule has 6 nitrogen and oxygen atoms in total. The molecule has 1 aromatic carbocycles. The van der Waals surface area contributed by atoms with Crippen LogP contribution in [0.1, 0.15) is 52.1 Å². The summed E-state index contributed by atoms with van der Waals surface area (Å²) in [5, 5.41) is 10.3. The first-order valence-electron chi connectivity index (χ1n) is 8.85. The highest BCUT2D eigenvalue weighted by Crippen LogP contribution is 2.39. The van der Waals surface area contributed by atoms with Crippen molar-refractivity contribution in [1.82, 2.24) is 25.5 Å². The van der Waals surface area contributed by atoms with Gasteiger partial charge in [0.05, 0.1) is 0 Å². The molecule has 0 bridgehead atoms. The van der Waals surface area contributed by atoms with Gasteiger partial charge in [0, 0.05) is 29.8 Å². The Morgan fingerprint density at radius 1 is 1.12 bits per heavy atom. The summed E-state index contributed by atoms with van der Waals surface area (Å²) in [6, 6.07) is 8.44. The quantitative estimate of drug-likeness (QED) is 0.678. The van der Waals surface area contributed by atoms with Crippen molar-refractivity contribution in [3.63, 3.8) is 0 Å². The summed E-state index contributed by atoms with van der Waals surface area (Å²) in [6.45, 7) is 0.498. The van der Waals surface area contributed by atoms with Crippen LogP contribution in [0.2, 0.25) is 0 Å². The zero-order chi connectivity index (χ0) is 17.7. The van der Waals surface area contributed by atoms with Gasteiger partial charge in [0.1, 0.15) is 17.2 Å². The zero-order valence-corrected chi connectivity index (χ0v) is 14.1. The van der Waals surface area contributed by atoms with E-state index in [0.29, 0.717) is 30.4 Å². The number of aromatic nitrogens is 4. The molecular formula is C19H18FN5O. The molecule has 5 rings (SSSR count). The topological polar surface area (TPSA) is 86.5 Å². The maximum atomic E-state index is 13.2. The summed E-state index contributed by atoms with van der Waals surface area (Å²) < 4.78 is 13.2. The minimum atomic E-state index is -0.263. The molecule has 7 heteroatoms. The number of benzene rings is 1. The van der Waals surface area contributed by atoms with Crippen LogP contribution < -0.4 is 5.32 Å². The lowest BCUT2D eigenvalue weighted by Gasteiger charge is -2.14. The Kier molecular flexibility index (Phi) is 3.41. The smallest absolute Gasteiger partial charge is 0.271 e. The number of rotatable bonds is 3. The maximum Gasteiger partial charge on any atom is 0.271 e. The van der Waals surface area contributed by atoms with Crippen LogP contribution >= 0.6 is 0 Å². The molecule has 0 spiro atoms. The van der Waals surface area contributed by atoms with Crippen LogP contribution in [-0.4, -0.2) is 32.6 Å². The molecule has 26 heavy (non-hydrogen) atoms. The van der Waals surface area contributed by atoms with Crippen molar-refractivity contribution in [2.24, 2.45) is 0 Å². The molecule has 0 radical (unpaired) electrons. The molecule has 3 heterocycles. The van der Waals surface area contributed by atoms with Crippen molar-refractivity contribution in [2.45, 2.75) is 31.1 Å². The van der Waals surface area contributed by atoms with Gasteiger partial charge in [-0.15, -0.1) is 0 Å². The summed E-state index contributed by atoms with van der Waals surface area (Å²) in [5.74, 6) is 0.796. The minimum absolute atomic E-state index is 0.0651. The molecule has 1 fully saturated rings. The van der Waals surface area contributed by atoms with Crippen LogP contribution in [0.15, 0.2) is 30.3 Å². The number of amides is 1. The van der Waals surface area contributed by atoms with Gasteiger partial charge in [-0.2, -0.15) is 5.10 Å². The van der Waals surface area contributed by atoms with Gasteiger partial charge in [-0.3, -0.25) is 9.89 Å². The Bertz CT molecular complexity index is 970. The number of carbonyl (C=O) groups excluding carboxylic acids is 1. The Balaban J connectivity index is 1.46. The predicted molar refractivity (Wildman–Crippen MR) is 93.3 cm³/mol. The van der Waals surface area contributed by atoms with Crippen molar-refractivity contribution >= 4 is 5.91 Å².